The number of carbonyl (C=O) groups excluding carboxylic acids is 2. The van der Waals surface area contributed by atoms with E-state index >= 15 is 0 Å². The third-order valence-corrected chi connectivity index (χ3v) is 7.58. The number of aromatic nitrogens is 6. The standard InChI is InChI=1S/C27H22ClF3N8O3/c1-12-14(5-33-27(35-12)39-9-13-4-17(13)26(39)42)8-38-10-15(6-34-38)36-25(41)23-20(11-40)32-7-19(37-23)21-16(24(30)31)2-3-18(28)22(21)29/h2-3,5-7,10,13,17,24,40H,4,8-9,11H2,1H3,(H,36,41)/t13-,17-/m1/s1. The van der Waals surface area contributed by atoms with Gasteiger partial charge in [0.1, 0.15) is 0 Å². The smallest absolute Gasteiger partial charge is 0.276 e. The SMILES string of the molecule is Cc1nc(N2C[C@H]3C[C@H]3C2=O)ncc1Cn1cc(NC(=O)c2nc(-c3c(C(F)F)ccc(Cl)c3F)cnc2CO)cn1. The van der Waals surface area contributed by atoms with Gasteiger partial charge >= 0.3 is 0 Å². The van der Waals surface area contributed by atoms with Crippen LogP contribution in [0.15, 0.2) is 36.9 Å². The fourth-order valence-electron chi connectivity index (χ4n) is 4.94. The number of alkyl halides is 2. The molecule has 11 nitrogen and oxygen atoms in total. The Labute approximate surface area is 241 Å². The van der Waals surface area contributed by atoms with Crippen LogP contribution in [0.4, 0.5) is 24.8 Å². The van der Waals surface area contributed by atoms with Crippen molar-refractivity contribution in [1.29, 1.82) is 0 Å². The summed E-state index contributed by atoms with van der Waals surface area (Å²) in [6.07, 6.45) is 3.41. The number of aliphatic hydroxyl groups is 1. The number of carbonyl (C=O) groups is 2. The van der Waals surface area contributed by atoms with Gasteiger partial charge in [-0.3, -0.25) is 24.2 Å². The number of nitrogens with one attached hydrogen (secondary N) is 1. The molecule has 15 heteroatoms. The van der Waals surface area contributed by atoms with E-state index in [0.29, 0.717) is 24.1 Å². The Balaban J connectivity index is 1.20. The minimum Gasteiger partial charge on any atom is -0.390 e. The highest BCUT2D eigenvalue weighted by Gasteiger charge is 2.53. The molecule has 42 heavy (non-hydrogen) atoms. The van der Waals surface area contributed by atoms with Crippen LogP contribution in [0.1, 0.15) is 45.8 Å². The Morgan fingerprint density at radius 2 is 2.02 bits per heavy atom. The lowest BCUT2D eigenvalue weighted by molar-refractivity contribution is -0.118. The molecule has 1 saturated carbocycles. The fourth-order valence-corrected chi connectivity index (χ4v) is 5.10. The van der Waals surface area contributed by atoms with Crippen LogP contribution >= 0.6 is 11.6 Å². The number of piperidine rings is 1. The number of benzene rings is 1. The van der Waals surface area contributed by atoms with E-state index in [1.807, 2.05) is 0 Å². The maximum absolute atomic E-state index is 14.8. The minimum atomic E-state index is -3.05. The normalized spacial score (nSPS) is 17.6. The number of aliphatic hydroxyl groups excluding tert-OH is 1. The number of halogens is 4. The molecule has 1 aliphatic heterocycles. The number of fused-ring (bicyclic) bond motifs is 1. The molecule has 0 bridgehead atoms. The third-order valence-electron chi connectivity index (χ3n) is 7.29. The summed E-state index contributed by atoms with van der Waals surface area (Å²) in [7, 11) is 0. The molecular weight excluding hydrogens is 577 g/mol. The van der Waals surface area contributed by atoms with Gasteiger partial charge in [-0.1, -0.05) is 17.7 Å². The monoisotopic (exact) mass is 598 g/mol. The van der Waals surface area contributed by atoms with Crippen molar-refractivity contribution in [1.82, 2.24) is 29.7 Å². The van der Waals surface area contributed by atoms with Crippen LogP contribution in [0.25, 0.3) is 11.3 Å². The zero-order valence-electron chi connectivity index (χ0n) is 21.9. The number of hydrogen-bond donors (Lipinski definition) is 2. The summed E-state index contributed by atoms with van der Waals surface area (Å²) in [4.78, 5) is 43.9. The van der Waals surface area contributed by atoms with E-state index in [0.717, 1.165) is 30.3 Å². The first-order valence-electron chi connectivity index (χ1n) is 12.9. The summed E-state index contributed by atoms with van der Waals surface area (Å²) in [5, 5.41) is 16.1. The molecule has 1 aliphatic carbocycles. The van der Waals surface area contributed by atoms with E-state index in [4.69, 9.17) is 11.6 Å². The molecule has 2 amide bonds. The molecule has 2 fully saturated rings. The summed E-state index contributed by atoms with van der Waals surface area (Å²) < 4.78 is 43.5. The van der Waals surface area contributed by atoms with Crippen molar-refractivity contribution in [2.75, 3.05) is 16.8 Å². The average Bonchev–Trinajstić information content (AvgIpc) is 3.50. The van der Waals surface area contributed by atoms with Crippen molar-refractivity contribution in [2.24, 2.45) is 11.8 Å². The number of amides is 2. The number of nitrogens with zero attached hydrogens (tertiary/aromatic N) is 7. The van der Waals surface area contributed by atoms with E-state index in [-0.39, 0.29) is 35.4 Å². The Bertz CT molecular complexity index is 1730. The molecule has 1 aromatic carbocycles. The number of hydrogen-bond acceptors (Lipinski definition) is 8. The summed E-state index contributed by atoms with van der Waals surface area (Å²) in [6.45, 7) is 2.02. The highest BCUT2D eigenvalue weighted by atomic mass is 35.5. The van der Waals surface area contributed by atoms with Crippen molar-refractivity contribution < 1.29 is 27.9 Å². The third kappa shape index (κ3) is 5.07. The highest BCUT2D eigenvalue weighted by Crippen LogP contribution is 2.46. The van der Waals surface area contributed by atoms with Crippen LogP contribution in [0.3, 0.4) is 0 Å². The first-order valence-corrected chi connectivity index (χ1v) is 13.2. The van der Waals surface area contributed by atoms with Gasteiger partial charge in [-0.2, -0.15) is 5.10 Å². The van der Waals surface area contributed by atoms with E-state index in [9.17, 15) is 27.9 Å². The van der Waals surface area contributed by atoms with Crippen LogP contribution in [-0.2, 0) is 17.9 Å². The topological polar surface area (TPSA) is 139 Å². The Hall–Kier alpha value is -4.43. The van der Waals surface area contributed by atoms with Gasteiger partial charge in [0.05, 0.1) is 47.6 Å². The fraction of sp³-hybridized carbons (Fsp3) is 0.296. The number of rotatable bonds is 8. The van der Waals surface area contributed by atoms with Gasteiger partial charge in [0.2, 0.25) is 11.9 Å². The molecule has 4 heterocycles. The Kier molecular flexibility index (Phi) is 7.10. The summed E-state index contributed by atoms with van der Waals surface area (Å²) >= 11 is 5.81. The zero-order valence-corrected chi connectivity index (χ0v) is 22.7. The van der Waals surface area contributed by atoms with E-state index in [1.54, 1.807) is 18.0 Å². The predicted molar refractivity (Wildman–Crippen MR) is 143 cm³/mol. The first-order chi connectivity index (χ1) is 20.1. The Morgan fingerprint density at radius 3 is 2.71 bits per heavy atom. The highest BCUT2D eigenvalue weighted by molar-refractivity contribution is 6.31. The Morgan fingerprint density at radius 1 is 1.21 bits per heavy atom. The van der Waals surface area contributed by atoms with Gasteiger partial charge in [0, 0.05) is 47.2 Å². The molecule has 2 N–H and O–H groups in total. The van der Waals surface area contributed by atoms with Crippen molar-refractivity contribution in [3.8, 4) is 11.3 Å². The lowest BCUT2D eigenvalue weighted by Crippen LogP contribution is -2.30. The van der Waals surface area contributed by atoms with Crippen molar-refractivity contribution >= 4 is 35.1 Å². The summed E-state index contributed by atoms with van der Waals surface area (Å²) in [5.41, 5.74) is -0.480. The molecule has 2 atom stereocenters. The average molecular weight is 599 g/mol. The second kappa shape index (κ2) is 10.8. The van der Waals surface area contributed by atoms with Gasteiger partial charge in [-0.25, -0.2) is 28.1 Å². The first kappa shape index (κ1) is 27.7. The van der Waals surface area contributed by atoms with Crippen LogP contribution in [-0.4, -0.2) is 53.2 Å². The molecule has 6 rings (SSSR count). The summed E-state index contributed by atoms with van der Waals surface area (Å²) in [5.74, 6) is -1.03. The van der Waals surface area contributed by atoms with Crippen LogP contribution in [0.5, 0.6) is 0 Å². The van der Waals surface area contributed by atoms with Gasteiger partial charge in [-0.05, 0) is 25.3 Å². The molecule has 2 aliphatic rings. The maximum atomic E-state index is 14.8. The minimum absolute atomic E-state index is 0.0614. The second-order valence-electron chi connectivity index (χ2n) is 10.0. The molecular formula is C27H22ClF3N8O3. The van der Waals surface area contributed by atoms with Crippen LogP contribution in [0.2, 0.25) is 5.02 Å². The van der Waals surface area contributed by atoms with Gasteiger partial charge in [0.25, 0.3) is 12.3 Å². The van der Waals surface area contributed by atoms with E-state index < -0.39 is 46.6 Å². The predicted octanol–water partition coefficient (Wildman–Crippen LogP) is 3.94. The van der Waals surface area contributed by atoms with Crippen LogP contribution in [0, 0.1) is 24.6 Å². The molecule has 0 radical (unpaired) electrons. The lowest BCUT2D eigenvalue weighted by Gasteiger charge is -2.17. The second-order valence-corrected chi connectivity index (χ2v) is 10.5. The molecule has 216 valence electrons. The van der Waals surface area contributed by atoms with Crippen molar-refractivity contribution in [3.63, 3.8) is 0 Å². The summed E-state index contributed by atoms with van der Waals surface area (Å²) in [6, 6.07) is 1.97. The number of anilines is 2. The van der Waals surface area contributed by atoms with Crippen LogP contribution < -0.4 is 10.2 Å². The van der Waals surface area contributed by atoms with Gasteiger partial charge in [-0.15, -0.1) is 0 Å². The zero-order chi connectivity index (χ0) is 29.7. The molecule has 4 aromatic rings. The molecule has 3 aromatic heterocycles. The maximum Gasteiger partial charge on any atom is 0.276 e. The number of aryl methyl sites for hydroxylation is 1. The molecule has 0 unspecified atom stereocenters. The molecule has 0 spiro atoms. The van der Waals surface area contributed by atoms with Crippen molar-refractivity contribution in [3.05, 3.63) is 76.0 Å². The largest absolute Gasteiger partial charge is 0.390 e. The van der Waals surface area contributed by atoms with Gasteiger partial charge in [0.15, 0.2) is 11.5 Å². The van der Waals surface area contributed by atoms with Gasteiger partial charge < -0.3 is 10.4 Å². The van der Waals surface area contributed by atoms with Crippen molar-refractivity contribution in [2.45, 2.75) is 32.9 Å². The quantitative estimate of drug-likeness (QED) is 0.311. The van der Waals surface area contributed by atoms with E-state index in [1.165, 1.54) is 17.1 Å². The molecule has 1 saturated heterocycles. The lowest BCUT2D eigenvalue weighted by atomic mass is 10.0. The van der Waals surface area contributed by atoms with E-state index in [2.05, 4.69) is 30.4 Å².